The van der Waals surface area contributed by atoms with E-state index in [2.05, 4.69) is 4.74 Å². The Balaban J connectivity index is 2.37. The number of ether oxygens (including phenoxy) is 2. The Hall–Kier alpha value is -2.70. The molecule has 0 aliphatic heterocycles. The number of aromatic hydroxyl groups is 1. The van der Waals surface area contributed by atoms with Gasteiger partial charge in [-0.3, -0.25) is 0 Å². The van der Waals surface area contributed by atoms with E-state index >= 15 is 0 Å². The first-order valence-electron chi connectivity index (χ1n) is 6.66. The molecule has 0 amide bonds. The molecule has 4 nitrogen and oxygen atoms in total. The van der Waals surface area contributed by atoms with Gasteiger partial charge in [0.15, 0.2) is 0 Å². The molecule has 0 saturated carbocycles. The molecule has 2 aromatic rings. The third kappa shape index (κ3) is 4.38. The van der Waals surface area contributed by atoms with E-state index < -0.39 is 12.3 Å². The zero-order valence-corrected chi connectivity index (χ0v) is 12.1. The van der Waals surface area contributed by atoms with Gasteiger partial charge in [-0.2, -0.15) is 0 Å². The van der Waals surface area contributed by atoms with Gasteiger partial charge in [-0.05, 0) is 42.3 Å². The number of esters is 1. The molecular weight excluding hydrogens is 313 g/mol. The van der Waals surface area contributed by atoms with Gasteiger partial charge in [0.2, 0.25) is 0 Å². The average Bonchev–Trinajstić information content (AvgIpc) is 2.46. The largest absolute Gasteiger partial charge is 0.573 e. The summed E-state index contributed by atoms with van der Waals surface area (Å²) in [6.07, 6.45) is -4.79. The van der Waals surface area contributed by atoms with E-state index in [4.69, 9.17) is 4.74 Å². The van der Waals surface area contributed by atoms with E-state index in [9.17, 15) is 23.1 Å². The first-order valence-corrected chi connectivity index (χ1v) is 6.66. The highest BCUT2D eigenvalue weighted by Gasteiger charge is 2.31. The van der Waals surface area contributed by atoms with Crippen LogP contribution in [0, 0.1) is 0 Å². The fraction of sp³-hybridized carbons (Fsp3) is 0.188. The van der Waals surface area contributed by atoms with Crippen molar-refractivity contribution in [2.45, 2.75) is 13.3 Å². The highest BCUT2D eigenvalue weighted by molar-refractivity contribution is 5.94. The predicted molar refractivity (Wildman–Crippen MR) is 76.2 cm³/mol. The standard InChI is InChI=1S/C16H13F3O4/c1-2-22-15(21)13-9-11(6-7-14(13)20)10-4-3-5-12(8-10)23-16(17,18)19/h3-9,20H,2H2,1H3. The molecule has 0 aromatic heterocycles. The zero-order valence-electron chi connectivity index (χ0n) is 12.1. The maximum absolute atomic E-state index is 12.3. The fourth-order valence-corrected chi connectivity index (χ4v) is 1.96. The van der Waals surface area contributed by atoms with Crippen LogP contribution in [-0.4, -0.2) is 24.0 Å². The van der Waals surface area contributed by atoms with Crippen LogP contribution in [0.25, 0.3) is 11.1 Å². The minimum absolute atomic E-state index is 0.0634. The Morgan fingerprint density at radius 2 is 1.83 bits per heavy atom. The summed E-state index contributed by atoms with van der Waals surface area (Å²) in [7, 11) is 0. The number of benzene rings is 2. The molecule has 122 valence electrons. The van der Waals surface area contributed by atoms with E-state index in [0.29, 0.717) is 11.1 Å². The monoisotopic (exact) mass is 326 g/mol. The van der Waals surface area contributed by atoms with Crippen LogP contribution in [-0.2, 0) is 4.74 Å². The lowest BCUT2D eigenvalue weighted by Gasteiger charge is -2.11. The number of phenols is 1. The quantitative estimate of drug-likeness (QED) is 0.858. The van der Waals surface area contributed by atoms with Gasteiger partial charge in [-0.15, -0.1) is 13.2 Å². The van der Waals surface area contributed by atoms with Crippen LogP contribution in [0.2, 0.25) is 0 Å². The van der Waals surface area contributed by atoms with Crippen molar-refractivity contribution in [3.63, 3.8) is 0 Å². The second-order valence-corrected chi connectivity index (χ2v) is 4.53. The van der Waals surface area contributed by atoms with Gasteiger partial charge in [-0.1, -0.05) is 18.2 Å². The molecule has 0 saturated heterocycles. The van der Waals surface area contributed by atoms with Gasteiger partial charge >= 0.3 is 12.3 Å². The van der Waals surface area contributed by atoms with E-state index in [1.165, 1.54) is 36.4 Å². The highest BCUT2D eigenvalue weighted by atomic mass is 19.4. The topological polar surface area (TPSA) is 55.8 Å². The lowest BCUT2D eigenvalue weighted by Crippen LogP contribution is -2.17. The molecule has 0 aliphatic carbocycles. The predicted octanol–water partition coefficient (Wildman–Crippen LogP) is 4.13. The minimum atomic E-state index is -4.79. The van der Waals surface area contributed by atoms with Crippen molar-refractivity contribution in [2.24, 2.45) is 0 Å². The van der Waals surface area contributed by atoms with Crippen molar-refractivity contribution in [1.82, 2.24) is 0 Å². The summed E-state index contributed by atoms with van der Waals surface area (Å²) in [6, 6.07) is 9.42. The van der Waals surface area contributed by atoms with Crippen LogP contribution in [0.4, 0.5) is 13.2 Å². The molecule has 2 rings (SSSR count). The number of alkyl halides is 3. The Morgan fingerprint density at radius 3 is 2.48 bits per heavy atom. The molecule has 2 aromatic carbocycles. The molecule has 0 fully saturated rings. The van der Waals surface area contributed by atoms with E-state index in [1.807, 2.05) is 0 Å². The molecule has 0 aliphatic rings. The summed E-state index contributed by atoms with van der Waals surface area (Å²) < 4.78 is 45.5. The number of rotatable bonds is 4. The van der Waals surface area contributed by atoms with Gasteiger partial charge in [0.25, 0.3) is 0 Å². The second kappa shape index (κ2) is 6.60. The van der Waals surface area contributed by atoms with Crippen LogP contribution in [0.15, 0.2) is 42.5 Å². The number of halogens is 3. The third-order valence-electron chi connectivity index (χ3n) is 2.89. The maximum Gasteiger partial charge on any atom is 0.573 e. The van der Waals surface area contributed by atoms with Crippen molar-refractivity contribution < 1.29 is 32.5 Å². The summed E-state index contributed by atoms with van der Waals surface area (Å²) in [5.74, 6) is -1.36. The first kappa shape index (κ1) is 16.7. The molecule has 7 heteroatoms. The molecule has 1 N–H and O–H groups in total. The van der Waals surface area contributed by atoms with Crippen molar-refractivity contribution in [1.29, 1.82) is 0 Å². The average molecular weight is 326 g/mol. The van der Waals surface area contributed by atoms with Crippen molar-refractivity contribution in [3.05, 3.63) is 48.0 Å². The normalized spacial score (nSPS) is 11.1. The number of carbonyl (C=O) groups excluding carboxylic acids is 1. The van der Waals surface area contributed by atoms with Crippen LogP contribution >= 0.6 is 0 Å². The Bertz CT molecular complexity index is 711. The summed E-state index contributed by atoms with van der Waals surface area (Å²) >= 11 is 0. The molecule has 0 heterocycles. The molecule has 0 spiro atoms. The molecule has 0 atom stereocenters. The van der Waals surface area contributed by atoms with E-state index in [-0.39, 0.29) is 23.7 Å². The molecule has 0 bridgehead atoms. The minimum Gasteiger partial charge on any atom is -0.507 e. The molecular formula is C16H13F3O4. The fourth-order valence-electron chi connectivity index (χ4n) is 1.96. The third-order valence-corrected chi connectivity index (χ3v) is 2.89. The van der Waals surface area contributed by atoms with E-state index in [1.54, 1.807) is 13.0 Å². The Morgan fingerprint density at radius 1 is 1.13 bits per heavy atom. The molecule has 0 radical (unpaired) electrons. The summed E-state index contributed by atoms with van der Waals surface area (Å²) in [6.45, 7) is 1.76. The van der Waals surface area contributed by atoms with Gasteiger partial charge in [0.1, 0.15) is 17.1 Å². The van der Waals surface area contributed by atoms with Gasteiger partial charge in [0, 0.05) is 0 Å². The number of hydrogen-bond acceptors (Lipinski definition) is 4. The van der Waals surface area contributed by atoms with Crippen molar-refractivity contribution >= 4 is 5.97 Å². The number of phenolic OH excluding ortho intramolecular Hbond substituents is 1. The first-order chi connectivity index (χ1) is 10.8. The molecule has 23 heavy (non-hydrogen) atoms. The number of hydrogen-bond donors (Lipinski definition) is 1. The van der Waals surface area contributed by atoms with Gasteiger partial charge < -0.3 is 14.6 Å². The van der Waals surface area contributed by atoms with Gasteiger partial charge in [0.05, 0.1) is 6.61 Å². The highest BCUT2D eigenvalue weighted by Crippen LogP contribution is 2.30. The van der Waals surface area contributed by atoms with Crippen molar-refractivity contribution in [2.75, 3.05) is 6.61 Å². The number of carbonyl (C=O) groups is 1. The van der Waals surface area contributed by atoms with Crippen LogP contribution in [0.5, 0.6) is 11.5 Å². The van der Waals surface area contributed by atoms with Crippen molar-refractivity contribution in [3.8, 4) is 22.6 Å². The Kier molecular flexibility index (Phi) is 4.78. The zero-order chi connectivity index (χ0) is 17.0. The summed E-state index contributed by atoms with van der Waals surface area (Å²) in [5, 5.41) is 9.71. The molecule has 0 unspecified atom stereocenters. The summed E-state index contributed by atoms with van der Waals surface area (Å²) in [4.78, 5) is 11.7. The lowest BCUT2D eigenvalue weighted by molar-refractivity contribution is -0.274. The smallest absolute Gasteiger partial charge is 0.507 e. The Labute approximate surface area is 130 Å². The lowest BCUT2D eigenvalue weighted by atomic mass is 10.0. The van der Waals surface area contributed by atoms with E-state index in [0.717, 1.165) is 0 Å². The van der Waals surface area contributed by atoms with Crippen LogP contribution in [0.1, 0.15) is 17.3 Å². The summed E-state index contributed by atoms with van der Waals surface area (Å²) in [5.41, 5.74) is 0.780. The maximum atomic E-state index is 12.3. The SMILES string of the molecule is CCOC(=O)c1cc(-c2cccc(OC(F)(F)F)c2)ccc1O. The second-order valence-electron chi connectivity index (χ2n) is 4.53. The van der Waals surface area contributed by atoms with Crippen LogP contribution in [0.3, 0.4) is 0 Å². The van der Waals surface area contributed by atoms with Gasteiger partial charge in [-0.25, -0.2) is 4.79 Å². The van der Waals surface area contributed by atoms with Crippen LogP contribution < -0.4 is 4.74 Å².